The lowest BCUT2D eigenvalue weighted by atomic mass is 10.1. The zero-order valence-electron chi connectivity index (χ0n) is 11.5. The summed E-state index contributed by atoms with van der Waals surface area (Å²) in [6.45, 7) is 1.48. The van der Waals surface area contributed by atoms with Gasteiger partial charge in [-0.2, -0.15) is 0 Å². The molecule has 2 unspecified atom stereocenters. The van der Waals surface area contributed by atoms with Crippen molar-refractivity contribution in [3.05, 3.63) is 18.2 Å². The number of carbonyl (C=O) groups excluding carboxylic acids is 1. The van der Waals surface area contributed by atoms with Crippen LogP contribution in [-0.4, -0.2) is 49.7 Å². The van der Waals surface area contributed by atoms with Gasteiger partial charge in [0.25, 0.3) is 0 Å². The van der Waals surface area contributed by atoms with Crippen LogP contribution >= 0.6 is 0 Å². The molecule has 0 radical (unpaired) electrons. The number of hydrogen-bond acceptors (Lipinski definition) is 6. The van der Waals surface area contributed by atoms with Gasteiger partial charge in [-0.1, -0.05) is 0 Å². The molecule has 1 fully saturated rings. The summed E-state index contributed by atoms with van der Waals surface area (Å²) in [5, 5.41) is 10.1. The van der Waals surface area contributed by atoms with E-state index in [1.807, 2.05) is 0 Å². The number of rotatable bonds is 4. The molecule has 2 heterocycles. The fourth-order valence-electron chi connectivity index (χ4n) is 2.56. The van der Waals surface area contributed by atoms with Gasteiger partial charge in [0, 0.05) is 6.07 Å². The Hall–Kier alpha value is -1.99. The maximum atomic E-state index is 12.0. The number of benzene rings is 1. The predicted molar refractivity (Wildman–Crippen MR) is 74.7 cm³/mol. The van der Waals surface area contributed by atoms with Crippen molar-refractivity contribution in [2.45, 2.75) is 18.6 Å². The zero-order chi connectivity index (χ0) is 14.8. The number of aliphatic hydroxyl groups is 1. The summed E-state index contributed by atoms with van der Waals surface area (Å²) in [7, 11) is 0. The van der Waals surface area contributed by atoms with Crippen LogP contribution < -0.4 is 20.1 Å². The van der Waals surface area contributed by atoms with Crippen molar-refractivity contribution in [2.24, 2.45) is 5.73 Å². The molecule has 114 valence electrons. The van der Waals surface area contributed by atoms with Crippen molar-refractivity contribution < 1.29 is 24.1 Å². The number of fused-ring (bicyclic) bond motifs is 1. The van der Waals surface area contributed by atoms with E-state index in [4.69, 9.17) is 19.9 Å². The highest BCUT2D eigenvalue weighted by Gasteiger charge is 2.39. The molecule has 2 aliphatic heterocycles. The molecule has 0 aromatic heterocycles. The van der Waals surface area contributed by atoms with Gasteiger partial charge in [-0.15, -0.1) is 0 Å². The SMILES string of the molecule is NCCC(O)C1COC(=O)N1c1ccc2c(c1)OCCO2. The van der Waals surface area contributed by atoms with Gasteiger partial charge in [0.1, 0.15) is 25.9 Å². The van der Waals surface area contributed by atoms with Crippen LogP contribution in [0.4, 0.5) is 10.5 Å². The van der Waals surface area contributed by atoms with Gasteiger partial charge < -0.3 is 25.1 Å². The first-order valence-corrected chi connectivity index (χ1v) is 6.94. The van der Waals surface area contributed by atoms with Crippen molar-refractivity contribution in [3.8, 4) is 11.5 Å². The predicted octanol–water partition coefficient (Wildman–Crippen LogP) is 0.493. The van der Waals surface area contributed by atoms with Crippen molar-refractivity contribution in [1.82, 2.24) is 0 Å². The average molecular weight is 294 g/mol. The van der Waals surface area contributed by atoms with Crippen LogP contribution in [0.2, 0.25) is 0 Å². The number of cyclic esters (lactones) is 1. The Labute approximate surface area is 122 Å². The molecule has 0 saturated carbocycles. The number of nitrogens with zero attached hydrogens (tertiary/aromatic N) is 1. The highest BCUT2D eigenvalue weighted by Crippen LogP contribution is 2.36. The molecule has 21 heavy (non-hydrogen) atoms. The Morgan fingerprint density at radius 1 is 1.29 bits per heavy atom. The fraction of sp³-hybridized carbons (Fsp3) is 0.500. The van der Waals surface area contributed by atoms with Gasteiger partial charge in [-0.05, 0) is 25.1 Å². The maximum absolute atomic E-state index is 12.0. The lowest BCUT2D eigenvalue weighted by Crippen LogP contribution is -2.43. The Morgan fingerprint density at radius 3 is 2.81 bits per heavy atom. The standard InChI is InChI=1S/C14H18N2O5/c15-4-3-11(17)10-8-21-14(18)16(10)9-1-2-12-13(7-9)20-6-5-19-12/h1-2,7,10-11,17H,3-6,8,15H2. The second-order valence-corrected chi connectivity index (χ2v) is 4.99. The number of carbonyl (C=O) groups is 1. The summed E-state index contributed by atoms with van der Waals surface area (Å²) in [6, 6.07) is 4.79. The highest BCUT2D eigenvalue weighted by atomic mass is 16.6. The first-order chi connectivity index (χ1) is 10.2. The van der Waals surface area contributed by atoms with Gasteiger partial charge in [-0.25, -0.2) is 4.79 Å². The number of amides is 1. The highest BCUT2D eigenvalue weighted by molar-refractivity contribution is 5.91. The minimum Gasteiger partial charge on any atom is -0.486 e. The van der Waals surface area contributed by atoms with E-state index in [1.54, 1.807) is 18.2 Å². The number of hydrogen-bond donors (Lipinski definition) is 2. The first-order valence-electron chi connectivity index (χ1n) is 6.94. The van der Waals surface area contributed by atoms with E-state index >= 15 is 0 Å². The second-order valence-electron chi connectivity index (χ2n) is 4.99. The van der Waals surface area contributed by atoms with Crippen LogP contribution in [0.1, 0.15) is 6.42 Å². The lowest BCUT2D eigenvalue weighted by molar-refractivity contribution is 0.123. The maximum Gasteiger partial charge on any atom is 0.414 e. The average Bonchev–Trinajstić information content (AvgIpc) is 2.89. The van der Waals surface area contributed by atoms with Crippen LogP contribution in [0.15, 0.2) is 18.2 Å². The Morgan fingerprint density at radius 2 is 2.05 bits per heavy atom. The summed E-state index contributed by atoms with van der Waals surface area (Å²) in [4.78, 5) is 13.4. The zero-order valence-corrected chi connectivity index (χ0v) is 11.5. The topological polar surface area (TPSA) is 94.3 Å². The van der Waals surface area contributed by atoms with Crippen LogP contribution in [0.25, 0.3) is 0 Å². The molecule has 1 aromatic carbocycles. The first kappa shape index (κ1) is 14.0. The molecule has 7 heteroatoms. The number of ether oxygens (including phenoxy) is 3. The van der Waals surface area contributed by atoms with Crippen molar-refractivity contribution in [1.29, 1.82) is 0 Å². The van der Waals surface area contributed by atoms with Crippen LogP contribution in [0.3, 0.4) is 0 Å². The molecule has 3 N–H and O–H groups in total. The molecular formula is C14H18N2O5. The summed E-state index contributed by atoms with van der Waals surface area (Å²) in [6.07, 6.45) is -0.801. The number of anilines is 1. The molecule has 1 saturated heterocycles. The van der Waals surface area contributed by atoms with Crippen molar-refractivity contribution in [3.63, 3.8) is 0 Å². The Balaban J connectivity index is 1.87. The minimum absolute atomic E-state index is 0.147. The molecule has 1 aromatic rings. The number of aliphatic hydroxyl groups excluding tert-OH is 1. The van der Waals surface area contributed by atoms with E-state index in [9.17, 15) is 9.90 Å². The van der Waals surface area contributed by atoms with E-state index in [0.717, 1.165) is 0 Å². The quantitative estimate of drug-likeness (QED) is 0.839. The van der Waals surface area contributed by atoms with Gasteiger partial charge in [0.2, 0.25) is 0 Å². The fourth-order valence-corrected chi connectivity index (χ4v) is 2.56. The van der Waals surface area contributed by atoms with Crippen LogP contribution in [0.5, 0.6) is 11.5 Å². The molecule has 2 aliphatic rings. The largest absolute Gasteiger partial charge is 0.486 e. The second kappa shape index (κ2) is 5.79. The minimum atomic E-state index is -0.727. The van der Waals surface area contributed by atoms with Crippen molar-refractivity contribution in [2.75, 3.05) is 31.3 Å². The summed E-state index contributed by atoms with van der Waals surface area (Å²) in [5.41, 5.74) is 6.08. The molecule has 0 bridgehead atoms. The normalized spacial score (nSPS) is 22.1. The van der Waals surface area contributed by atoms with Gasteiger partial charge in [-0.3, -0.25) is 4.90 Å². The van der Waals surface area contributed by atoms with Gasteiger partial charge >= 0.3 is 6.09 Å². The molecular weight excluding hydrogens is 276 g/mol. The van der Waals surface area contributed by atoms with Crippen molar-refractivity contribution >= 4 is 11.8 Å². The third-order valence-electron chi connectivity index (χ3n) is 3.62. The third kappa shape index (κ3) is 2.62. The van der Waals surface area contributed by atoms with E-state index in [1.165, 1.54) is 4.90 Å². The summed E-state index contributed by atoms with van der Waals surface area (Å²) >= 11 is 0. The molecule has 0 spiro atoms. The van der Waals surface area contributed by atoms with Crippen LogP contribution in [-0.2, 0) is 4.74 Å². The third-order valence-corrected chi connectivity index (χ3v) is 3.62. The Kier molecular flexibility index (Phi) is 3.85. The van der Waals surface area contributed by atoms with E-state index in [-0.39, 0.29) is 6.61 Å². The molecule has 2 atom stereocenters. The van der Waals surface area contributed by atoms with E-state index < -0.39 is 18.2 Å². The summed E-state index contributed by atoms with van der Waals surface area (Å²) < 4.78 is 16.0. The number of nitrogens with two attached hydrogens (primary N) is 1. The van der Waals surface area contributed by atoms with E-state index in [0.29, 0.717) is 43.4 Å². The molecule has 1 amide bonds. The molecule has 7 nitrogen and oxygen atoms in total. The monoisotopic (exact) mass is 294 g/mol. The van der Waals surface area contributed by atoms with Gasteiger partial charge in [0.15, 0.2) is 11.5 Å². The lowest BCUT2D eigenvalue weighted by Gasteiger charge is -2.27. The molecule has 0 aliphatic carbocycles. The molecule has 3 rings (SSSR count). The van der Waals surface area contributed by atoms with Gasteiger partial charge in [0.05, 0.1) is 11.8 Å². The van der Waals surface area contributed by atoms with Crippen LogP contribution in [0, 0.1) is 0 Å². The Bertz CT molecular complexity index is 536. The smallest absolute Gasteiger partial charge is 0.414 e. The summed E-state index contributed by atoms with van der Waals surface area (Å²) in [5.74, 6) is 1.24. The van der Waals surface area contributed by atoms with E-state index in [2.05, 4.69) is 0 Å².